The zero-order valence-electron chi connectivity index (χ0n) is 11.8. The van der Waals surface area contributed by atoms with Crippen LogP contribution < -0.4 is 10.6 Å². The van der Waals surface area contributed by atoms with Crippen molar-refractivity contribution in [3.8, 4) is 0 Å². The van der Waals surface area contributed by atoms with Gasteiger partial charge < -0.3 is 15.5 Å². The van der Waals surface area contributed by atoms with E-state index < -0.39 is 0 Å². The summed E-state index contributed by atoms with van der Waals surface area (Å²) in [5.41, 5.74) is 7.99. The van der Waals surface area contributed by atoms with Gasteiger partial charge >= 0.3 is 0 Å². The summed E-state index contributed by atoms with van der Waals surface area (Å²) in [6.07, 6.45) is 2.77. The molecule has 1 heterocycles. The van der Waals surface area contributed by atoms with Crippen molar-refractivity contribution in [1.82, 2.24) is 4.90 Å². The quantitative estimate of drug-likeness (QED) is 0.837. The topological polar surface area (TPSA) is 49.6 Å². The minimum atomic E-state index is 0.109. The summed E-state index contributed by atoms with van der Waals surface area (Å²) >= 11 is 4.84. The number of hydrogen-bond acceptors (Lipinski definition) is 3. The van der Waals surface area contributed by atoms with Crippen LogP contribution in [0.1, 0.15) is 18.4 Å². The van der Waals surface area contributed by atoms with Crippen LogP contribution in [0.4, 0.5) is 5.69 Å². The van der Waals surface area contributed by atoms with Crippen LogP contribution in [-0.2, 0) is 11.2 Å². The van der Waals surface area contributed by atoms with E-state index in [0.717, 1.165) is 19.4 Å². The molecule has 0 atom stereocenters. The maximum atomic E-state index is 12.2. The predicted molar refractivity (Wildman–Crippen MR) is 86.0 cm³/mol. The van der Waals surface area contributed by atoms with Gasteiger partial charge in [0.2, 0.25) is 5.91 Å². The second-order valence-electron chi connectivity index (χ2n) is 5.19. The lowest BCUT2D eigenvalue weighted by Gasteiger charge is -2.32. The third kappa shape index (κ3) is 3.70. The molecule has 0 unspecified atom stereocenters. The van der Waals surface area contributed by atoms with Crippen molar-refractivity contribution < 1.29 is 4.79 Å². The van der Waals surface area contributed by atoms with Crippen LogP contribution in [0.3, 0.4) is 0 Å². The molecule has 5 heteroatoms. The third-order valence-electron chi connectivity index (χ3n) is 3.65. The van der Waals surface area contributed by atoms with Crippen LogP contribution >= 0.6 is 12.2 Å². The highest BCUT2D eigenvalue weighted by molar-refractivity contribution is 7.80. The summed E-state index contributed by atoms with van der Waals surface area (Å²) < 4.78 is 0. The Morgan fingerprint density at radius 2 is 2.20 bits per heavy atom. The second kappa shape index (κ2) is 6.70. The maximum Gasteiger partial charge on any atom is 0.241 e. The van der Waals surface area contributed by atoms with Gasteiger partial charge in [0.15, 0.2) is 0 Å². The van der Waals surface area contributed by atoms with Crippen LogP contribution in [0.2, 0.25) is 0 Å². The zero-order chi connectivity index (χ0) is 14.5. The minimum absolute atomic E-state index is 0.109. The molecule has 2 rings (SSSR count). The van der Waals surface area contributed by atoms with Crippen LogP contribution in [0.15, 0.2) is 24.3 Å². The molecule has 1 amide bonds. The van der Waals surface area contributed by atoms with Gasteiger partial charge in [-0.2, -0.15) is 0 Å². The number of nitrogens with two attached hydrogens (primary N) is 1. The summed E-state index contributed by atoms with van der Waals surface area (Å²) in [4.78, 5) is 16.6. The number of anilines is 1. The Morgan fingerprint density at radius 1 is 1.45 bits per heavy atom. The number of rotatable bonds is 5. The maximum absolute atomic E-state index is 12.2. The molecule has 2 N–H and O–H groups in total. The van der Waals surface area contributed by atoms with Gasteiger partial charge in [0.1, 0.15) is 0 Å². The van der Waals surface area contributed by atoms with Crippen molar-refractivity contribution in [2.45, 2.75) is 19.3 Å². The average molecular weight is 291 g/mol. The van der Waals surface area contributed by atoms with Gasteiger partial charge in [0, 0.05) is 32.2 Å². The highest BCUT2D eigenvalue weighted by atomic mass is 32.1. The molecule has 1 aromatic carbocycles. The van der Waals surface area contributed by atoms with Crippen LogP contribution in [0, 0.1) is 0 Å². The van der Waals surface area contributed by atoms with Crippen molar-refractivity contribution in [1.29, 1.82) is 0 Å². The molecule has 4 nitrogen and oxygen atoms in total. The van der Waals surface area contributed by atoms with E-state index in [1.165, 1.54) is 11.3 Å². The number of aryl methyl sites for hydroxylation is 1. The zero-order valence-corrected chi connectivity index (χ0v) is 12.7. The van der Waals surface area contributed by atoms with Crippen molar-refractivity contribution in [3.63, 3.8) is 0 Å². The largest absolute Gasteiger partial charge is 0.393 e. The molecule has 20 heavy (non-hydrogen) atoms. The number of nitrogens with zero attached hydrogens (tertiary/aromatic N) is 2. The number of benzene rings is 1. The number of hydrogen-bond donors (Lipinski definition) is 1. The smallest absolute Gasteiger partial charge is 0.241 e. The molecular formula is C15H21N3OS. The Bertz CT molecular complexity index is 504. The van der Waals surface area contributed by atoms with Crippen molar-refractivity contribution in [3.05, 3.63) is 29.8 Å². The fourth-order valence-corrected chi connectivity index (χ4v) is 2.55. The lowest BCUT2D eigenvalue weighted by molar-refractivity contribution is -0.128. The van der Waals surface area contributed by atoms with E-state index >= 15 is 0 Å². The monoisotopic (exact) mass is 291 g/mol. The molecule has 0 saturated heterocycles. The number of amides is 1. The third-order valence-corrected chi connectivity index (χ3v) is 3.86. The molecule has 0 saturated carbocycles. The Morgan fingerprint density at radius 3 is 2.95 bits per heavy atom. The van der Waals surface area contributed by atoms with Crippen LogP contribution in [0.5, 0.6) is 0 Å². The number of carbonyl (C=O) groups excluding carboxylic acids is 1. The van der Waals surface area contributed by atoms with Gasteiger partial charge in [0.05, 0.1) is 11.5 Å². The molecule has 0 radical (unpaired) electrons. The van der Waals surface area contributed by atoms with Gasteiger partial charge in [-0.15, -0.1) is 0 Å². The van der Waals surface area contributed by atoms with E-state index in [0.29, 0.717) is 24.5 Å². The molecule has 0 aromatic heterocycles. The number of carbonyl (C=O) groups is 1. The van der Waals surface area contributed by atoms with Gasteiger partial charge in [0.25, 0.3) is 0 Å². The van der Waals surface area contributed by atoms with E-state index in [9.17, 15) is 4.79 Å². The molecule has 0 aliphatic carbocycles. The Kier molecular flexibility index (Phi) is 4.95. The molecule has 0 fully saturated rings. The first-order chi connectivity index (χ1) is 9.58. The minimum Gasteiger partial charge on any atom is -0.393 e. The number of likely N-dealkylation sites (N-methyl/N-ethyl adjacent to an activating group) is 1. The first kappa shape index (κ1) is 14.8. The fraction of sp³-hybridized carbons (Fsp3) is 0.467. The van der Waals surface area contributed by atoms with E-state index in [-0.39, 0.29) is 5.91 Å². The number of fused-ring (bicyclic) bond motifs is 1. The fourth-order valence-electron chi connectivity index (χ4n) is 2.46. The molecule has 0 spiro atoms. The van der Waals surface area contributed by atoms with Crippen molar-refractivity contribution >= 4 is 28.8 Å². The molecule has 0 bridgehead atoms. The molecule has 1 aromatic rings. The molecule has 108 valence electrons. The van der Waals surface area contributed by atoms with Crippen molar-refractivity contribution in [2.24, 2.45) is 5.73 Å². The highest BCUT2D eigenvalue weighted by Gasteiger charge is 2.20. The van der Waals surface area contributed by atoms with Crippen LogP contribution in [-0.4, -0.2) is 42.5 Å². The van der Waals surface area contributed by atoms with Crippen molar-refractivity contribution in [2.75, 3.05) is 31.6 Å². The summed E-state index contributed by atoms with van der Waals surface area (Å²) in [5, 5.41) is 0. The average Bonchev–Trinajstić information content (AvgIpc) is 2.45. The van der Waals surface area contributed by atoms with Gasteiger partial charge in [-0.1, -0.05) is 30.4 Å². The summed E-state index contributed by atoms with van der Waals surface area (Å²) in [7, 11) is 1.80. The Balaban J connectivity index is 1.97. The predicted octanol–water partition coefficient (Wildman–Crippen LogP) is 1.57. The number of para-hydroxylation sites is 1. The van der Waals surface area contributed by atoms with E-state index in [2.05, 4.69) is 23.1 Å². The Labute approximate surface area is 125 Å². The highest BCUT2D eigenvalue weighted by Crippen LogP contribution is 2.26. The standard InChI is InChI=1S/C15H21N3OS/c1-17(10-8-14(16)20)15(19)11-18-9-4-6-12-5-2-3-7-13(12)18/h2-3,5,7H,4,6,8-11H2,1H3,(H2,16,20). The van der Waals surface area contributed by atoms with E-state index in [1.807, 2.05) is 6.07 Å². The Hall–Kier alpha value is -1.62. The van der Waals surface area contributed by atoms with Crippen LogP contribution in [0.25, 0.3) is 0 Å². The molecule has 1 aliphatic heterocycles. The second-order valence-corrected chi connectivity index (χ2v) is 5.71. The SMILES string of the molecule is CN(CCC(N)=S)C(=O)CN1CCCc2ccccc21. The molecular weight excluding hydrogens is 270 g/mol. The van der Waals surface area contributed by atoms with Gasteiger partial charge in [-0.3, -0.25) is 4.79 Å². The first-order valence-electron chi connectivity index (χ1n) is 6.93. The van der Waals surface area contributed by atoms with Gasteiger partial charge in [-0.25, -0.2) is 0 Å². The normalized spacial score (nSPS) is 13.8. The summed E-state index contributed by atoms with van der Waals surface area (Å²) in [6.45, 7) is 1.94. The lowest BCUT2D eigenvalue weighted by Crippen LogP contribution is -2.41. The number of thiocarbonyl (C=S) groups is 1. The first-order valence-corrected chi connectivity index (χ1v) is 7.34. The van der Waals surface area contributed by atoms with Gasteiger partial charge in [-0.05, 0) is 24.5 Å². The summed E-state index contributed by atoms with van der Waals surface area (Å²) in [5.74, 6) is 0.109. The summed E-state index contributed by atoms with van der Waals surface area (Å²) in [6, 6.07) is 8.32. The van der Waals surface area contributed by atoms with E-state index in [1.54, 1.807) is 11.9 Å². The van der Waals surface area contributed by atoms with E-state index in [4.69, 9.17) is 18.0 Å². The lowest BCUT2D eigenvalue weighted by atomic mass is 10.0. The molecule has 1 aliphatic rings.